The van der Waals surface area contributed by atoms with Gasteiger partial charge in [-0.3, -0.25) is 0 Å². The molecule has 1 aliphatic rings. The fourth-order valence-electron chi connectivity index (χ4n) is 3.64. The van der Waals surface area contributed by atoms with Gasteiger partial charge in [0.05, 0.1) is 16.2 Å². The number of hydrogen-bond donors (Lipinski definition) is 1. The van der Waals surface area contributed by atoms with Gasteiger partial charge in [0.15, 0.2) is 0 Å². The minimum Gasteiger partial charge on any atom is -0.367 e. The van der Waals surface area contributed by atoms with Crippen LogP contribution in [-0.2, 0) is 10.0 Å². The number of hydrogen-bond acceptors (Lipinski definition) is 5. The highest BCUT2D eigenvalue weighted by atomic mass is 35.5. The van der Waals surface area contributed by atoms with Crippen LogP contribution in [0.1, 0.15) is 12.7 Å². The van der Waals surface area contributed by atoms with Crippen molar-refractivity contribution in [1.29, 1.82) is 0 Å². The summed E-state index contributed by atoms with van der Waals surface area (Å²) in [6.07, 6.45) is 0. The van der Waals surface area contributed by atoms with Crippen molar-refractivity contribution in [2.75, 3.05) is 24.5 Å². The summed E-state index contributed by atoms with van der Waals surface area (Å²) < 4.78 is 27.9. The second-order valence-electron chi connectivity index (χ2n) is 6.80. The Labute approximate surface area is 163 Å². The van der Waals surface area contributed by atoms with Crippen LogP contribution in [0.5, 0.6) is 0 Å². The van der Waals surface area contributed by atoms with Crippen LogP contribution in [0.2, 0.25) is 5.02 Å². The number of piperazine rings is 1. The number of fused-ring (bicyclic) bond motifs is 1. The molecule has 4 rings (SSSR count). The van der Waals surface area contributed by atoms with E-state index in [1.54, 1.807) is 31.2 Å². The molecular formula is C19H21ClN4O2S. The van der Waals surface area contributed by atoms with E-state index < -0.39 is 10.0 Å². The summed E-state index contributed by atoms with van der Waals surface area (Å²) in [6, 6.07) is 12.5. The summed E-state index contributed by atoms with van der Waals surface area (Å²) in [5, 5.41) is 3.62. The van der Waals surface area contributed by atoms with E-state index in [0.29, 0.717) is 22.9 Å². The molecule has 0 saturated carbocycles. The number of nitrogens with zero attached hydrogens (tertiary/aromatic N) is 3. The predicted molar refractivity (Wildman–Crippen MR) is 108 cm³/mol. The van der Waals surface area contributed by atoms with Crippen molar-refractivity contribution in [3.05, 3.63) is 53.3 Å². The number of para-hydroxylation sites is 1. The van der Waals surface area contributed by atoms with Crippen LogP contribution < -0.4 is 10.2 Å². The summed E-state index contributed by atoms with van der Waals surface area (Å²) in [7, 11) is -3.85. The van der Waals surface area contributed by atoms with E-state index in [2.05, 4.69) is 22.1 Å². The van der Waals surface area contributed by atoms with Crippen LogP contribution in [0.15, 0.2) is 47.4 Å². The normalized spacial score (nSPS) is 18.2. The lowest BCUT2D eigenvalue weighted by atomic mass is 10.2. The second kappa shape index (κ2) is 6.82. The van der Waals surface area contributed by atoms with Gasteiger partial charge in [-0.25, -0.2) is 17.4 Å². The highest BCUT2D eigenvalue weighted by Gasteiger charge is 2.27. The SMILES string of the molecule is Cc1nc2c(N3CCNC(C)C3)cccc2n1S(=O)(=O)c1ccccc1Cl. The molecule has 1 aliphatic heterocycles. The first-order valence-electron chi connectivity index (χ1n) is 8.86. The fourth-order valence-corrected chi connectivity index (χ4v) is 5.63. The molecule has 0 amide bonds. The van der Waals surface area contributed by atoms with Gasteiger partial charge in [0.2, 0.25) is 0 Å². The number of aryl methyl sites for hydroxylation is 1. The van der Waals surface area contributed by atoms with E-state index in [9.17, 15) is 8.42 Å². The molecule has 8 heteroatoms. The van der Waals surface area contributed by atoms with Crippen molar-refractivity contribution in [3.8, 4) is 0 Å². The van der Waals surface area contributed by atoms with Crippen molar-refractivity contribution in [2.45, 2.75) is 24.8 Å². The molecule has 1 saturated heterocycles. The van der Waals surface area contributed by atoms with Gasteiger partial charge in [0, 0.05) is 25.7 Å². The van der Waals surface area contributed by atoms with Gasteiger partial charge in [-0.1, -0.05) is 29.8 Å². The summed E-state index contributed by atoms with van der Waals surface area (Å²) in [6.45, 7) is 6.43. The third-order valence-electron chi connectivity index (χ3n) is 4.84. The maximum atomic E-state index is 13.3. The minimum atomic E-state index is -3.85. The maximum Gasteiger partial charge on any atom is 0.271 e. The van der Waals surface area contributed by atoms with E-state index in [0.717, 1.165) is 25.3 Å². The standard InChI is InChI=1S/C19H21ClN4O2S/c1-13-12-23(11-10-21-13)16-7-5-8-17-19(16)22-14(2)24(17)27(25,26)18-9-4-3-6-15(18)20/h3-9,13,21H,10-12H2,1-2H3. The van der Waals surface area contributed by atoms with Crippen molar-refractivity contribution in [1.82, 2.24) is 14.3 Å². The molecule has 0 spiro atoms. The van der Waals surface area contributed by atoms with Crippen LogP contribution in [0.25, 0.3) is 11.0 Å². The zero-order chi connectivity index (χ0) is 19.2. The zero-order valence-electron chi connectivity index (χ0n) is 15.2. The van der Waals surface area contributed by atoms with Gasteiger partial charge in [0.1, 0.15) is 16.2 Å². The monoisotopic (exact) mass is 404 g/mol. The average molecular weight is 405 g/mol. The lowest BCUT2D eigenvalue weighted by molar-refractivity contribution is 0.485. The Morgan fingerprint density at radius 1 is 1.19 bits per heavy atom. The van der Waals surface area contributed by atoms with Crippen molar-refractivity contribution in [2.24, 2.45) is 0 Å². The maximum absolute atomic E-state index is 13.3. The number of rotatable bonds is 3. The summed E-state index contributed by atoms with van der Waals surface area (Å²) in [4.78, 5) is 6.94. The molecular weight excluding hydrogens is 384 g/mol. The van der Waals surface area contributed by atoms with Gasteiger partial charge < -0.3 is 10.2 Å². The largest absolute Gasteiger partial charge is 0.367 e. The summed E-state index contributed by atoms with van der Waals surface area (Å²) in [5.74, 6) is 0.417. The number of anilines is 1. The van der Waals surface area contributed by atoms with Crippen molar-refractivity contribution >= 4 is 38.3 Å². The number of halogens is 1. The molecule has 2 heterocycles. The Balaban J connectivity index is 1.90. The summed E-state index contributed by atoms with van der Waals surface area (Å²) >= 11 is 6.17. The summed E-state index contributed by atoms with van der Waals surface area (Å²) in [5.41, 5.74) is 2.22. The van der Waals surface area contributed by atoms with Crippen LogP contribution in [0.4, 0.5) is 5.69 Å². The van der Waals surface area contributed by atoms with Crippen LogP contribution in [-0.4, -0.2) is 43.1 Å². The molecule has 1 fully saturated rings. The highest BCUT2D eigenvalue weighted by Crippen LogP contribution is 2.32. The van der Waals surface area contributed by atoms with E-state index in [4.69, 9.17) is 11.6 Å². The van der Waals surface area contributed by atoms with Crippen LogP contribution >= 0.6 is 11.6 Å². The first-order chi connectivity index (χ1) is 12.9. The zero-order valence-corrected chi connectivity index (χ0v) is 16.8. The van der Waals surface area contributed by atoms with E-state index >= 15 is 0 Å². The van der Waals surface area contributed by atoms with Gasteiger partial charge in [0.25, 0.3) is 10.0 Å². The molecule has 1 unspecified atom stereocenters. The Kier molecular flexibility index (Phi) is 4.61. The fraction of sp³-hybridized carbons (Fsp3) is 0.316. The smallest absolute Gasteiger partial charge is 0.271 e. The van der Waals surface area contributed by atoms with Gasteiger partial charge >= 0.3 is 0 Å². The minimum absolute atomic E-state index is 0.0789. The first-order valence-corrected chi connectivity index (χ1v) is 10.7. The van der Waals surface area contributed by atoms with Crippen LogP contribution in [0.3, 0.4) is 0 Å². The number of benzene rings is 2. The average Bonchev–Trinajstić information content (AvgIpc) is 2.98. The molecule has 3 aromatic rings. The van der Waals surface area contributed by atoms with Crippen LogP contribution in [0, 0.1) is 6.92 Å². The Bertz CT molecular complexity index is 1110. The van der Waals surface area contributed by atoms with Crippen molar-refractivity contribution < 1.29 is 8.42 Å². The molecule has 1 N–H and O–H groups in total. The van der Waals surface area contributed by atoms with Gasteiger partial charge in [-0.05, 0) is 38.1 Å². The molecule has 2 aromatic carbocycles. The Morgan fingerprint density at radius 3 is 2.70 bits per heavy atom. The second-order valence-corrected chi connectivity index (χ2v) is 8.97. The lowest BCUT2D eigenvalue weighted by Crippen LogP contribution is -2.49. The highest BCUT2D eigenvalue weighted by molar-refractivity contribution is 7.90. The molecule has 0 aliphatic carbocycles. The molecule has 0 bridgehead atoms. The first kappa shape index (κ1) is 18.3. The number of aromatic nitrogens is 2. The topological polar surface area (TPSA) is 67.2 Å². The lowest BCUT2D eigenvalue weighted by Gasteiger charge is -2.33. The van der Waals surface area contributed by atoms with Crippen molar-refractivity contribution in [3.63, 3.8) is 0 Å². The van der Waals surface area contributed by atoms with Gasteiger partial charge in [-0.15, -0.1) is 0 Å². The number of imidazole rings is 1. The molecule has 27 heavy (non-hydrogen) atoms. The van der Waals surface area contributed by atoms with E-state index in [-0.39, 0.29) is 9.92 Å². The molecule has 1 atom stereocenters. The van der Waals surface area contributed by atoms with E-state index in [1.807, 2.05) is 12.1 Å². The Morgan fingerprint density at radius 2 is 1.96 bits per heavy atom. The van der Waals surface area contributed by atoms with Gasteiger partial charge in [-0.2, -0.15) is 0 Å². The predicted octanol–water partition coefficient (Wildman–Crippen LogP) is 3.03. The Hall–Kier alpha value is -2.09. The molecule has 142 valence electrons. The quantitative estimate of drug-likeness (QED) is 0.726. The molecule has 1 aromatic heterocycles. The molecule has 6 nitrogen and oxygen atoms in total. The molecule has 0 radical (unpaired) electrons. The third-order valence-corrected chi connectivity index (χ3v) is 7.14. The third kappa shape index (κ3) is 3.09. The number of nitrogens with one attached hydrogen (secondary N) is 1. The van der Waals surface area contributed by atoms with E-state index in [1.165, 1.54) is 10.0 Å².